The standard InChI is InChI=1S/C11H14FN/c1-8(2)7-11(13)9-3-5-10(12)6-4-9/h3-6,11H,1,7,13H2,2H3. The number of rotatable bonds is 3. The van der Waals surface area contributed by atoms with E-state index in [9.17, 15) is 4.39 Å². The van der Waals surface area contributed by atoms with Gasteiger partial charge in [0.2, 0.25) is 0 Å². The Kier molecular flexibility index (Phi) is 3.20. The quantitative estimate of drug-likeness (QED) is 0.709. The minimum Gasteiger partial charge on any atom is -0.324 e. The van der Waals surface area contributed by atoms with Crippen molar-refractivity contribution in [3.63, 3.8) is 0 Å². The maximum atomic E-state index is 12.6. The van der Waals surface area contributed by atoms with E-state index in [1.807, 2.05) is 6.92 Å². The number of benzene rings is 1. The van der Waals surface area contributed by atoms with Crippen LogP contribution in [0.1, 0.15) is 24.9 Å². The van der Waals surface area contributed by atoms with Crippen LogP contribution >= 0.6 is 0 Å². The lowest BCUT2D eigenvalue weighted by atomic mass is 10.0. The smallest absolute Gasteiger partial charge is 0.123 e. The van der Waals surface area contributed by atoms with Gasteiger partial charge in [0, 0.05) is 6.04 Å². The number of hydrogen-bond acceptors (Lipinski definition) is 1. The van der Waals surface area contributed by atoms with Crippen LogP contribution in [0.15, 0.2) is 36.4 Å². The highest BCUT2D eigenvalue weighted by Gasteiger charge is 2.05. The van der Waals surface area contributed by atoms with E-state index in [4.69, 9.17) is 5.73 Å². The lowest BCUT2D eigenvalue weighted by Crippen LogP contribution is -2.10. The van der Waals surface area contributed by atoms with Crippen molar-refractivity contribution in [2.45, 2.75) is 19.4 Å². The molecule has 2 N–H and O–H groups in total. The maximum absolute atomic E-state index is 12.6. The van der Waals surface area contributed by atoms with Gasteiger partial charge in [0.25, 0.3) is 0 Å². The number of hydrogen-bond donors (Lipinski definition) is 1. The van der Waals surface area contributed by atoms with Crippen LogP contribution in [0.4, 0.5) is 4.39 Å². The normalized spacial score (nSPS) is 12.5. The molecule has 0 aliphatic heterocycles. The Morgan fingerprint density at radius 3 is 2.46 bits per heavy atom. The van der Waals surface area contributed by atoms with E-state index in [-0.39, 0.29) is 11.9 Å². The zero-order valence-corrected chi connectivity index (χ0v) is 7.76. The van der Waals surface area contributed by atoms with Gasteiger partial charge < -0.3 is 5.73 Å². The molecule has 1 nitrogen and oxygen atoms in total. The minimum absolute atomic E-state index is 0.0712. The predicted molar refractivity (Wildman–Crippen MR) is 52.8 cm³/mol. The first-order valence-corrected chi connectivity index (χ1v) is 4.25. The van der Waals surface area contributed by atoms with Crippen molar-refractivity contribution in [1.82, 2.24) is 0 Å². The van der Waals surface area contributed by atoms with Gasteiger partial charge in [0.1, 0.15) is 5.82 Å². The van der Waals surface area contributed by atoms with E-state index < -0.39 is 0 Å². The Morgan fingerprint density at radius 1 is 1.46 bits per heavy atom. The monoisotopic (exact) mass is 179 g/mol. The van der Waals surface area contributed by atoms with Crippen LogP contribution in [0.25, 0.3) is 0 Å². The summed E-state index contributed by atoms with van der Waals surface area (Å²) in [6, 6.07) is 6.20. The van der Waals surface area contributed by atoms with E-state index in [1.165, 1.54) is 12.1 Å². The second kappa shape index (κ2) is 4.19. The van der Waals surface area contributed by atoms with Gasteiger partial charge in [-0.25, -0.2) is 4.39 Å². The molecule has 0 aliphatic carbocycles. The maximum Gasteiger partial charge on any atom is 0.123 e. The highest BCUT2D eigenvalue weighted by atomic mass is 19.1. The van der Waals surface area contributed by atoms with Gasteiger partial charge in [-0.1, -0.05) is 17.7 Å². The molecule has 2 heteroatoms. The topological polar surface area (TPSA) is 26.0 Å². The van der Waals surface area contributed by atoms with Crippen LogP contribution in [-0.2, 0) is 0 Å². The SMILES string of the molecule is C=C(C)CC(N)c1ccc(F)cc1. The van der Waals surface area contributed by atoms with Crippen LogP contribution in [0.2, 0.25) is 0 Å². The molecule has 1 aromatic carbocycles. The Balaban J connectivity index is 2.71. The molecule has 0 spiro atoms. The van der Waals surface area contributed by atoms with E-state index in [0.717, 1.165) is 17.6 Å². The predicted octanol–water partition coefficient (Wildman–Crippen LogP) is 2.79. The van der Waals surface area contributed by atoms with E-state index in [2.05, 4.69) is 6.58 Å². The average molecular weight is 179 g/mol. The van der Waals surface area contributed by atoms with Crippen molar-refractivity contribution in [1.29, 1.82) is 0 Å². The van der Waals surface area contributed by atoms with E-state index in [1.54, 1.807) is 12.1 Å². The van der Waals surface area contributed by atoms with Crippen molar-refractivity contribution in [2.75, 3.05) is 0 Å². The summed E-state index contributed by atoms with van der Waals surface area (Å²) in [4.78, 5) is 0. The molecule has 13 heavy (non-hydrogen) atoms. The van der Waals surface area contributed by atoms with Crippen LogP contribution in [0, 0.1) is 5.82 Å². The van der Waals surface area contributed by atoms with Crippen LogP contribution in [0.3, 0.4) is 0 Å². The molecule has 70 valence electrons. The largest absolute Gasteiger partial charge is 0.324 e. The second-order valence-corrected chi connectivity index (χ2v) is 3.32. The highest BCUT2D eigenvalue weighted by molar-refractivity contribution is 5.20. The summed E-state index contributed by atoms with van der Waals surface area (Å²) in [7, 11) is 0. The van der Waals surface area contributed by atoms with Crippen LogP contribution < -0.4 is 5.73 Å². The Morgan fingerprint density at radius 2 is 2.00 bits per heavy atom. The molecule has 1 atom stereocenters. The minimum atomic E-state index is -0.230. The summed E-state index contributed by atoms with van der Waals surface area (Å²) >= 11 is 0. The molecular formula is C11H14FN. The van der Waals surface area contributed by atoms with Gasteiger partial charge in [-0.3, -0.25) is 0 Å². The molecule has 0 bridgehead atoms. The zero-order chi connectivity index (χ0) is 9.84. The summed E-state index contributed by atoms with van der Waals surface area (Å²) in [5, 5.41) is 0. The molecule has 1 unspecified atom stereocenters. The number of nitrogens with two attached hydrogens (primary N) is 1. The molecule has 0 fully saturated rings. The number of halogens is 1. The molecule has 1 rings (SSSR count). The molecule has 0 aliphatic rings. The van der Waals surface area contributed by atoms with Crippen LogP contribution in [0.5, 0.6) is 0 Å². The summed E-state index contributed by atoms with van der Waals surface area (Å²) in [6.45, 7) is 5.72. The molecule has 1 aromatic rings. The molecular weight excluding hydrogens is 165 g/mol. The average Bonchev–Trinajstić information content (AvgIpc) is 2.04. The van der Waals surface area contributed by atoms with Gasteiger partial charge in [0.15, 0.2) is 0 Å². The van der Waals surface area contributed by atoms with Crippen molar-refractivity contribution in [3.05, 3.63) is 47.8 Å². The summed E-state index contributed by atoms with van der Waals surface area (Å²) in [5.41, 5.74) is 7.85. The third kappa shape index (κ3) is 2.99. The molecule has 0 heterocycles. The third-order valence-electron chi connectivity index (χ3n) is 1.87. The second-order valence-electron chi connectivity index (χ2n) is 3.32. The molecule has 0 saturated heterocycles. The van der Waals surface area contributed by atoms with Crippen molar-refractivity contribution >= 4 is 0 Å². The molecule has 0 amide bonds. The molecule has 0 aromatic heterocycles. The highest BCUT2D eigenvalue weighted by Crippen LogP contribution is 2.17. The first kappa shape index (κ1) is 9.93. The van der Waals surface area contributed by atoms with Crippen molar-refractivity contribution in [2.24, 2.45) is 5.73 Å². The van der Waals surface area contributed by atoms with E-state index in [0.29, 0.717) is 0 Å². The summed E-state index contributed by atoms with van der Waals surface area (Å²) in [5.74, 6) is -0.230. The lowest BCUT2D eigenvalue weighted by Gasteiger charge is -2.11. The fraction of sp³-hybridized carbons (Fsp3) is 0.273. The van der Waals surface area contributed by atoms with Gasteiger partial charge >= 0.3 is 0 Å². The Labute approximate surface area is 78.1 Å². The molecule has 0 radical (unpaired) electrons. The fourth-order valence-electron chi connectivity index (χ4n) is 1.20. The zero-order valence-electron chi connectivity index (χ0n) is 7.76. The van der Waals surface area contributed by atoms with Crippen LogP contribution in [-0.4, -0.2) is 0 Å². The lowest BCUT2D eigenvalue weighted by molar-refractivity contribution is 0.624. The summed E-state index contributed by atoms with van der Waals surface area (Å²) in [6.07, 6.45) is 0.742. The van der Waals surface area contributed by atoms with Gasteiger partial charge in [0.05, 0.1) is 0 Å². The van der Waals surface area contributed by atoms with Gasteiger partial charge in [-0.15, -0.1) is 6.58 Å². The van der Waals surface area contributed by atoms with Gasteiger partial charge in [-0.05, 0) is 31.0 Å². The third-order valence-corrected chi connectivity index (χ3v) is 1.87. The first-order valence-electron chi connectivity index (χ1n) is 4.25. The first-order chi connectivity index (χ1) is 6.09. The Hall–Kier alpha value is -1.15. The molecule has 0 saturated carbocycles. The van der Waals surface area contributed by atoms with E-state index >= 15 is 0 Å². The Bertz CT molecular complexity index is 289. The van der Waals surface area contributed by atoms with Crippen molar-refractivity contribution in [3.8, 4) is 0 Å². The van der Waals surface area contributed by atoms with Crippen molar-refractivity contribution < 1.29 is 4.39 Å². The fourth-order valence-corrected chi connectivity index (χ4v) is 1.20. The van der Waals surface area contributed by atoms with Gasteiger partial charge in [-0.2, -0.15) is 0 Å². The summed E-state index contributed by atoms with van der Waals surface area (Å²) < 4.78 is 12.6.